The standard InChI is InChI=1S/C22H21N3O3/c1-14(2)25-21(26)17-11-7-8-12-19(17)24(22(25)27)13-18-15(3)28-20(23-18)16-9-5-4-6-10-16/h4-12,14H,13H2,1-3H3. The SMILES string of the molecule is Cc1oc(-c2ccccc2)nc1Cn1c(=O)n(C(C)C)c(=O)c2ccccc21. The Labute approximate surface area is 161 Å². The number of nitrogens with zero attached hydrogens (tertiary/aromatic N) is 3. The lowest BCUT2D eigenvalue weighted by Gasteiger charge is -2.15. The second-order valence-electron chi connectivity index (χ2n) is 7.04. The van der Waals surface area contributed by atoms with E-state index in [2.05, 4.69) is 4.98 Å². The molecule has 142 valence electrons. The monoisotopic (exact) mass is 375 g/mol. The summed E-state index contributed by atoms with van der Waals surface area (Å²) in [7, 11) is 0. The van der Waals surface area contributed by atoms with Crippen molar-refractivity contribution in [3.8, 4) is 11.5 Å². The highest BCUT2D eigenvalue weighted by atomic mass is 16.4. The number of rotatable bonds is 4. The number of para-hydroxylation sites is 1. The first-order valence-electron chi connectivity index (χ1n) is 9.23. The number of fused-ring (bicyclic) bond motifs is 1. The molecule has 0 unspecified atom stereocenters. The number of aryl methyl sites for hydroxylation is 1. The minimum absolute atomic E-state index is 0.231. The maximum Gasteiger partial charge on any atom is 0.332 e. The van der Waals surface area contributed by atoms with E-state index < -0.39 is 0 Å². The molecule has 2 aromatic heterocycles. The van der Waals surface area contributed by atoms with Gasteiger partial charge in [-0.05, 0) is 45.0 Å². The molecule has 2 heterocycles. The molecule has 0 aliphatic carbocycles. The van der Waals surface area contributed by atoms with Crippen molar-refractivity contribution in [3.63, 3.8) is 0 Å². The Morgan fingerprint density at radius 2 is 1.68 bits per heavy atom. The first-order chi connectivity index (χ1) is 13.5. The fourth-order valence-corrected chi connectivity index (χ4v) is 3.38. The quantitative estimate of drug-likeness (QED) is 0.545. The van der Waals surface area contributed by atoms with Crippen LogP contribution in [0.5, 0.6) is 0 Å². The summed E-state index contributed by atoms with van der Waals surface area (Å²) in [5, 5.41) is 0.514. The summed E-state index contributed by atoms with van der Waals surface area (Å²) in [5.74, 6) is 1.17. The van der Waals surface area contributed by atoms with Gasteiger partial charge in [-0.3, -0.25) is 13.9 Å². The Morgan fingerprint density at radius 3 is 2.39 bits per heavy atom. The second kappa shape index (κ2) is 6.96. The predicted octanol–water partition coefficient (Wildman–Crippen LogP) is 3.76. The first-order valence-corrected chi connectivity index (χ1v) is 9.23. The van der Waals surface area contributed by atoms with Crippen LogP contribution in [-0.4, -0.2) is 14.1 Å². The van der Waals surface area contributed by atoms with Crippen molar-refractivity contribution in [1.82, 2.24) is 14.1 Å². The Morgan fingerprint density at radius 1 is 1.00 bits per heavy atom. The molecule has 6 nitrogen and oxygen atoms in total. The number of aromatic nitrogens is 3. The molecule has 0 radical (unpaired) electrons. The van der Waals surface area contributed by atoms with Gasteiger partial charge in [0.15, 0.2) is 0 Å². The third-order valence-electron chi connectivity index (χ3n) is 4.82. The second-order valence-corrected chi connectivity index (χ2v) is 7.04. The molecule has 4 rings (SSSR count). The fourth-order valence-electron chi connectivity index (χ4n) is 3.38. The molecule has 0 bridgehead atoms. The maximum absolute atomic E-state index is 13.1. The van der Waals surface area contributed by atoms with Crippen LogP contribution in [-0.2, 0) is 6.54 Å². The van der Waals surface area contributed by atoms with Crippen molar-refractivity contribution in [2.24, 2.45) is 0 Å². The van der Waals surface area contributed by atoms with E-state index in [-0.39, 0.29) is 23.8 Å². The minimum Gasteiger partial charge on any atom is -0.441 e. The topological polar surface area (TPSA) is 70.0 Å². The molecule has 0 N–H and O–H groups in total. The van der Waals surface area contributed by atoms with Crippen molar-refractivity contribution in [1.29, 1.82) is 0 Å². The van der Waals surface area contributed by atoms with E-state index in [1.54, 1.807) is 22.8 Å². The molecule has 0 amide bonds. The van der Waals surface area contributed by atoms with Crippen LogP contribution in [0.1, 0.15) is 31.3 Å². The van der Waals surface area contributed by atoms with Crippen molar-refractivity contribution >= 4 is 10.9 Å². The average Bonchev–Trinajstić information content (AvgIpc) is 3.06. The molecule has 0 atom stereocenters. The van der Waals surface area contributed by atoms with E-state index >= 15 is 0 Å². The average molecular weight is 375 g/mol. The molecule has 6 heteroatoms. The van der Waals surface area contributed by atoms with Gasteiger partial charge in [-0.25, -0.2) is 9.78 Å². The first kappa shape index (κ1) is 18.0. The van der Waals surface area contributed by atoms with E-state index in [1.807, 2.05) is 57.2 Å². The predicted molar refractivity (Wildman–Crippen MR) is 109 cm³/mol. The smallest absolute Gasteiger partial charge is 0.332 e. The number of hydrogen-bond acceptors (Lipinski definition) is 4. The van der Waals surface area contributed by atoms with Crippen molar-refractivity contribution in [3.05, 3.63) is 86.9 Å². The van der Waals surface area contributed by atoms with Gasteiger partial charge in [0, 0.05) is 11.6 Å². The van der Waals surface area contributed by atoms with E-state index in [0.717, 1.165) is 5.56 Å². The van der Waals surface area contributed by atoms with Gasteiger partial charge in [0.1, 0.15) is 11.5 Å². The van der Waals surface area contributed by atoms with Gasteiger partial charge in [0.2, 0.25) is 5.89 Å². The van der Waals surface area contributed by atoms with Gasteiger partial charge in [-0.2, -0.15) is 0 Å². The van der Waals surface area contributed by atoms with Crippen LogP contribution in [0.25, 0.3) is 22.4 Å². The minimum atomic E-state index is -0.345. The van der Waals surface area contributed by atoms with Gasteiger partial charge in [-0.15, -0.1) is 0 Å². The van der Waals surface area contributed by atoms with Crippen molar-refractivity contribution < 1.29 is 4.42 Å². The Kier molecular flexibility index (Phi) is 4.47. The highest BCUT2D eigenvalue weighted by molar-refractivity contribution is 5.78. The molecule has 0 aliphatic heterocycles. The summed E-state index contributed by atoms with van der Waals surface area (Å²) in [6, 6.07) is 16.5. The third kappa shape index (κ3) is 2.97. The summed E-state index contributed by atoms with van der Waals surface area (Å²) in [6.07, 6.45) is 0. The van der Waals surface area contributed by atoms with Gasteiger partial charge in [0.25, 0.3) is 5.56 Å². The summed E-state index contributed by atoms with van der Waals surface area (Å²) in [4.78, 5) is 30.5. The molecule has 0 saturated carbocycles. The van der Waals surface area contributed by atoms with Gasteiger partial charge in [0.05, 0.1) is 17.4 Å². The highest BCUT2D eigenvalue weighted by Crippen LogP contribution is 2.22. The van der Waals surface area contributed by atoms with Crippen molar-refractivity contribution in [2.75, 3.05) is 0 Å². The fraction of sp³-hybridized carbons (Fsp3) is 0.227. The normalized spacial score (nSPS) is 11.4. The van der Waals surface area contributed by atoms with Crippen LogP contribution in [0.4, 0.5) is 0 Å². The molecule has 0 aliphatic rings. The number of hydrogen-bond donors (Lipinski definition) is 0. The van der Waals surface area contributed by atoms with E-state index in [9.17, 15) is 9.59 Å². The Hall–Kier alpha value is -3.41. The lowest BCUT2D eigenvalue weighted by molar-refractivity contribution is 0.517. The summed E-state index contributed by atoms with van der Waals surface area (Å²) < 4.78 is 8.71. The zero-order valence-electron chi connectivity index (χ0n) is 16.0. The molecule has 4 aromatic rings. The Balaban J connectivity index is 1.89. The molecule has 28 heavy (non-hydrogen) atoms. The molecule has 0 fully saturated rings. The van der Waals surface area contributed by atoms with Gasteiger partial charge in [-0.1, -0.05) is 30.3 Å². The van der Waals surface area contributed by atoms with Crippen LogP contribution < -0.4 is 11.2 Å². The van der Waals surface area contributed by atoms with E-state index in [0.29, 0.717) is 28.2 Å². The highest BCUT2D eigenvalue weighted by Gasteiger charge is 2.18. The van der Waals surface area contributed by atoms with E-state index in [4.69, 9.17) is 4.42 Å². The summed E-state index contributed by atoms with van der Waals surface area (Å²) >= 11 is 0. The molecular formula is C22H21N3O3. The molecule has 0 saturated heterocycles. The van der Waals surface area contributed by atoms with Gasteiger partial charge >= 0.3 is 5.69 Å². The summed E-state index contributed by atoms with van der Waals surface area (Å²) in [5.41, 5.74) is 1.52. The third-order valence-corrected chi connectivity index (χ3v) is 4.82. The molecule has 0 spiro atoms. The van der Waals surface area contributed by atoms with E-state index in [1.165, 1.54) is 4.57 Å². The van der Waals surface area contributed by atoms with Crippen LogP contribution in [0, 0.1) is 6.92 Å². The maximum atomic E-state index is 13.1. The lowest BCUT2D eigenvalue weighted by Crippen LogP contribution is -2.41. The van der Waals surface area contributed by atoms with Crippen molar-refractivity contribution in [2.45, 2.75) is 33.4 Å². The molecule has 2 aromatic carbocycles. The van der Waals surface area contributed by atoms with Gasteiger partial charge < -0.3 is 4.42 Å². The Bertz CT molecular complexity index is 1260. The lowest BCUT2D eigenvalue weighted by atomic mass is 10.2. The van der Waals surface area contributed by atoms with Crippen LogP contribution in [0.2, 0.25) is 0 Å². The van der Waals surface area contributed by atoms with Crippen LogP contribution in [0.3, 0.4) is 0 Å². The van der Waals surface area contributed by atoms with Crippen LogP contribution >= 0.6 is 0 Å². The number of benzene rings is 2. The summed E-state index contributed by atoms with van der Waals surface area (Å²) in [6.45, 7) is 5.72. The number of oxazole rings is 1. The molecular weight excluding hydrogens is 354 g/mol. The zero-order chi connectivity index (χ0) is 19.8. The van der Waals surface area contributed by atoms with Crippen LogP contribution in [0.15, 0.2) is 68.6 Å². The largest absolute Gasteiger partial charge is 0.441 e. The zero-order valence-corrected chi connectivity index (χ0v) is 16.0.